The summed E-state index contributed by atoms with van der Waals surface area (Å²) in [4.78, 5) is 12.1. The minimum atomic E-state index is -0.525. The number of carbonyl (C=O) groups is 1. The molecule has 0 aliphatic carbocycles. The topological polar surface area (TPSA) is 69.0 Å². The van der Waals surface area contributed by atoms with Gasteiger partial charge >= 0.3 is 0 Å². The first-order valence-electron chi connectivity index (χ1n) is 9.35. The van der Waals surface area contributed by atoms with Gasteiger partial charge in [0.25, 0.3) is 0 Å². The molecule has 0 bridgehead atoms. The maximum Gasteiger partial charge on any atom is 0.234 e. The van der Waals surface area contributed by atoms with Crippen molar-refractivity contribution in [3.8, 4) is 5.75 Å². The zero-order valence-electron chi connectivity index (χ0n) is 16.7. The predicted octanol–water partition coefficient (Wildman–Crippen LogP) is 4.52. The number of rotatable bonds is 9. The lowest BCUT2D eigenvalue weighted by atomic mass is 10.1. The van der Waals surface area contributed by atoms with E-state index in [2.05, 4.69) is 27.6 Å². The van der Waals surface area contributed by atoms with Crippen LogP contribution in [0.15, 0.2) is 47.6 Å². The maximum absolute atomic E-state index is 13.2. The normalized spacial score (nSPS) is 10.8. The van der Waals surface area contributed by atoms with Gasteiger partial charge in [-0.25, -0.2) is 4.39 Å². The Morgan fingerprint density at radius 3 is 2.67 bits per heavy atom. The molecule has 0 aliphatic heterocycles. The number of ether oxygens (including phenoxy) is 1. The molecule has 1 aromatic heterocycles. The lowest BCUT2D eigenvalue weighted by Gasteiger charge is -2.07. The number of nitrogens with one attached hydrogen (secondary N) is 1. The number of thioether (sulfide) groups is 1. The molecule has 0 atom stereocenters. The SMILES string of the molecule is COc1ccc(CCCc2nnc(SCC(=O)Nc3ccc(F)c(Cl)c3)n2C)cc1. The summed E-state index contributed by atoms with van der Waals surface area (Å²) in [5, 5.41) is 11.7. The van der Waals surface area contributed by atoms with Gasteiger partial charge < -0.3 is 14.6 Å². The van der Waals surface area contributed by atoms with Crippen LogP contribution in [0.3, 0.4) is 0 Å². The minimum Gasteiger partial charge on any atom is -0.497 e. The second-order valence-corrected chi connectivity index (χ2v) is 7.97. The van der Waals surface area contributed by atoms with E-state index in [1.807, 2.05) is 23.7 Å². The first-order chi connectivity index (χ1) is 14.5. The van der Waals surface area contributed by atoms with E-state index in [9.17, 15) is 9.18 Å². The summed E-state index contributed by atoms with van der Waals surface area (Å²) in [6, 6.07) is 12.1. The van der Waals surface area contributed by atoms with E-state index in [1.165, 1.54) is 35.5 Å². The lowest BCUT2D eigenvalue weighted by molar-refractivity contribution is -0.113. The van der Waals surface area contributed by atoms with E-state index < -0.39 is 5.82 Å². The second-order valence-electron chi connectivity index (χ2n) is 6.63. The van der Waals surface area contributed by atoms with Crippen LogP contribution in [-0.4, -0.2) is 33.5 Å². The molecule has 6 nitrogen and oxygen atoms in total. The van der Waals surface area contributed by atoms with E-state index in [0.717, 1.165) is 30.8 Å². The number of hydrogen-bond acceptors (Lipinski definition) is 5. The van der Waals surface area contributed by atoms with Gasteiger partial charge in [-0.05, 0) is 48.7 Å². The fourth-order valence-corrected chi connectivity index (χ4v) is 3.74. The molecule has 0 saturated carbocycles. The highest BCUT2D eigenvalue weighted by Crippen LogP contribution is 2.21. The summed E-state index contributed by atoms with van der Waals surface area (Å²) in [5.74, 6) is 1.12. The number of hydrogen-bond donors (Lipinski definition) is 1. The van der Waals surface area contributed by atoms with E-state index in [1.54, 1.807) is 7.11 Å². The number of benzene rings is 2. The summed E-state index contributed by atoms with van der Waals surface area (Å²) < 4.78 is 20.3. The molecule has 1 amide bonds. The van der Waals surface area contributed by atoms with Crippen molar-refractivity contribution in [3.63, 3.8) is 0 Å². The van der Waals surface area contributed by atoms with Gasteiger partial charge in [0.15, 0.2) is 5.16 Å². The number of carbonyl (C=O) groups excluding carboxylic acids is 1. The zero-order valence-corrected chi connectivity index (χ0v) is 18.3. The van der Waals surface area contributed by atoms with Crippen LogP contribution in [0.4, 0.5) is 10.1 Å². The van der Waals surface area contributed by atoms with Crippen LogP contribution in [0, 0.1) is 5.82 Å². The van der Waals surface area contributed by atoms with Crippen molar-refractivity contribution in [2.75, 3.05) is 18.2 Å². The largest absolute Gasteiger partial charge is 0.497 e. The van der Waals surface area contributed by atoms with Gasteiger partial charge in [-0.1, -0.05) is 35.5 Å². The summed E-state index contributed by atoms with van der Waals surface area (Å²) in [6.45, 7) is 0. The Morgan fingerprint density at radius 2 is 1.97 bits per heavy atom. The number of methoxy groups -OCH3 is 1. The third-order valence-corrected chi connectivity index (χ3v) is 5.80. The highest BCUT2D eigenvalue weighted by Gasteiger charge is 2.12. The van der Waals surface area contributed by atoms with Gasteiger partial charge in [-0.2, -0.15) is 0 Å². The lowest BCUT2D eigenvalue weighted by Crippen LogP contribution is -2.14. The van der Waals surface area contributed by atoms with E-state index in [0.29, 0.717) is 10.8 Å². The van der Waals surface area contributed by atoms with Crippen molar-refractivity contribution in [1.82, 2.24) is 14.8 Å². The molecule has 0 fully saturated rings. The quantitative estimate of drug-likeness (QED) is 0.487. The van der Waals surface area contributed by atoms with Gasteiger partial charge in [0.2, 0.25) is 5.91 Å². The fraction of sp³-hybridized carbons (Fsp3) is 0.286. The molecule has 0 aliphatic rings. The van der Waals surface area contributed by atoms with Crippen molar-refractivity contribution in [2.24, 2.45) is 7.05 Å². The van der Waals surface area contributed by atoms with Crippen molar-refractivity contribution in [2.45, 2.75) is 24.4 Å². The van der Waals surface area contributed by atoms with Gasteiger partial charge in [-0.15, -0.1) is 10.2 Å². The average Bonchev–Trinajstić information content (AvgIpc) is 3.09. The van der Waals surface area contributed by atoms with Crippen LogP contribution in [0.25, 0.3) is 0 Å². The highest BCUT2D eigenvalue weighted by molar-refractivity contribution is 7.99. The highest BCUT2D eigenvalue weighted by atomic mass is 35.5. The Bertz CT molecular complexity index is 1010. The minimum absolute atomic E-state index is 0.0342. The molecule has 0 spiro atoms. The summed E-state index contributed by atoms with van der Waals surface area (Å²) in [7, 11) is 3.55. The second kappa shape index (κ2) is 10.4. The predicted molar refractivity (Wildman–Crippen MR) is 117 cm³/mol. The molecule has 0 saturated heterocycles. The van der Waals surface area contributed by atoms with Crippen molar-refractivity contribution in [1.29, 1.82) is 0 Å². The molecular formula is C21H22ClFN4O2S. The number of nitrogens with zero attached hydrogens (tertiary/aromatic N) is 3. The molecule has 2 aromatic carbocycles. The van der Waals surface area contributed by atoms with E-state index >= 15 is 0 Å². The first kappa shape index (κ1) is 22.1. The van der Waals surface area contributed by atoms with Gasteiger partial charge in [0.1, 0.15) is 17.4 Å². The molecule has 0 radical (unpaired) electrons. The Kier molecular flexibility index (Phi) is 7.70. The van der Waals surface area contributed by atoms with Crippen LogP contribution >= 0.6 is 23.4 Å². The van der Waals surface area contributed by atoms with Crippen molar-refractivity contribution < 1.29 is 13.9 Å². The molecule has 1 heterocycles. The molecule has 3 rings (SSSR count). The smallest absolute Gasteiger partial charge is 0.234 e. The molecular weight excluding hydrogens is 427 g/mol. The van der Waals surface area contributed by atoms with Crippen molar-refractivity contribution in [3.05, 3.63) is 64.7 Å². The third-order valence-electron chi connectivity index (χ3n) is 4.49. The van der Waals surface area contributed by atoms with Crippen molar-refractivity contribution >= 4 is 35.0 Å². The van der Waals surface area contributed by atoms with Crippen LogP contribution in [-0.2, 0) is 24.7 Å². The van der Waals surface area contributed by atoms with E-state index in [-0.39, 0.29) is 16.7 Å². The van der Waals surface area contributed by atoms with E-state index in [4.69, 9.17) is 16.3 Å². The van der Waals surface area contributed by atoms with Gasteiger partial charge in [0.05, 0.1) is 17.9 Å². The summed E-state index contributed by atoms with van der Waals surface area (Å²) in [5.41, 5.74) is 1.69. The third kappa shape index (κ3) is 5.96. The van der Waals surface area contributed by atoms with Crippen LogP contribution in [0.1, 0.15) is 17.8 Å². The summed E-state index contributed by atoms with van der Waals surface area (Å²) >= 11 is 7.02. The molecule has 3 aromatic rings. The standard InChI is InChI=1S/C21H22ClFN4O2S/c1-27-19(5-3-4-14-6-9-16(29-2)10-7-14)25-26-21(27)30-13-20(28)24-15-8-11-18(23)17(22)12-15/h6-12H,3-5,13H2,1-2H3,(H,24,28). The van der Waals surface area contributed by atoms with Crippen LogP contribution in [0.5, 0.6) is 5.75 Å². The Hall–Kier alpha value is -2.58. The fourth-order valence-electron chi connectivity index (χ4n) is 2.83. The molecule has 1 N–H and O–H groups in total. The average molecular weight is 449 g/mol. The maximum atomic E-state index is 13.2. The number of halogens is 2. The molecule has 158 valence electrons. The van der Waals surface area contributed by atoms with Crippen LogP contribution < -0.4 is 10.1 Å². The molecule has 0 unspecified atom stereocenters. The molecule has 30 heavy (non-hydrogen) atoms. The zero-order chi connectivity index (χ0) is 21.5. The number of aromatic nitrogens is 3. The number of anilines is 1. The Labute approximate surface area is 183 Å². The monoisotopic (exact) mass is 448 g/mol. The van der Waals surface area contributed by atoms with Gasteiger partial charge in [0, 0.05) is 19.2 Å². The van der Waals surface area contributed by atoms with Crippen LogP contribution in [0.2, 0.25) is 5.02 Å². The number of amides is 1. The molecule has 9 heteroatoms. The Morgan fingerprint density at radius 1 is 1.20 bits per heavy atom. The number of aryl methyl sites for hydroxylation is 2. The summed E-state index contributed by atoms with van der Waals surface area (Å²) in [6.07, 6.45) is 2.66. The Balaban J connectivity index is 1.47. The van der Waals surface area contributed by atoms with Gasteiger partial charge in [-0.3, -0.25) is 4.79 Å². The first-order valence-corrected chi connectivity index (χ1v) is 10.7.